The van der Waals surface area contributed by atoms with Crippen molar-refractivity contribution in [2.75, 3.05) is 20.1 Å². The number of carbonyl (C=O) groups excluding carboxylic acids is 1. The number of amides is 1. The highest BCUT2D eigenvalue weighted by Gasteiger charge is 2.33. The van der Waals surface area contributed by atoms with Crippen LogP contribution in [0.5, 0.6) is 0 Å². The Balaban J connectivity index is 2.35. The molecule has 0 aromatic heterocycles. The van der Waals surface area contributed by atoms with Gasteiger partial charge in [-0.2, -0.15) is 0 Å². The van der Waals surface area contributed by atoms with Crippen LogP contribution in [0.25, 0.3) is 0 Å². The number of nitrogens with one attached hydrogen (secondary N) is 1. The van der Waals surface area contributed by atoms with E-state index in [1.165, 1.54) is 6.07 Å². The third-order valence-corrected chi connectivity index (χ3v) is 5.92. The van der Waals surface area contributed by atoms with Crippen LogP contribution in [0.4, 0.5) is 0 Å². The van der Waals surface area contributed by atoms with Gasteiger partial charge >= 0.3 is 0 Å². The van der Waals surface area contributed by atoms with Gasteiger partial charge in [0.1, 0.15) is 11.9 Å². The van der Waals surface area contributed by atoms with Crippen LogP contribution in [0, 0.1) is 11.3 Å². The van der Waals surface area contributed by atoms with Crippen molar-refractivity contribution in [3.8, 4) is 0 Å². The molecule has 0 saturated carbocycles. The molecule has 8 heteroatoms. The molecular weight excluding hydrogens is 364 g/mol. The number of aliphatic imine (C=N–C) groups is 1. The highest BCUT2D eigenvalue weighted by atomic mass is 32.2. The summed E-state index contributed by atoms with van der Waals surface area (Å²) in [5.41, 5.74) is 6.08. The summed E-state index contributed by atoms with van der Waals surface area (Å²) < 4.78 is 27.1. The van der Waals surface area contributed by atoms with Gasteiger partial charge in [0.05, 0.1) is 4.90 Å². The largest absolute Gasteiger partial charge is 0.343 e. The van der Waals surface area contributed by atoms with E-state index in [1.54, 1.807) is 30.1 Å². The van der Waals surface area contributed by atoms with Gasteiger partial charge in [-0.15, -0.1) is 0 Å². The molecule has 1 atom stereocenters. The smallest absolute Gasteiger partial charge is 0.263 e. The number of benzene rings is 1. The Bertz CT molecular complexity index is 831. The molecule has 1 amide bonds. The Labute approximate surface area is 162 Å². The molecule has 0 fully saturated rings. The van der Waals surface area contributed by atoms with Crippen molar-refractivity contribution in [3.05, 3.63) is 29.8 Å². The SMILES string of the molecule is CC(C)CC(N=C1NS(=O)(=O)c2ccccc21)C(=O)N(C)CC(C)(C)CN. The van der Waals surface area contributed by atoms with Gasteiger partial charge in [-0.25, -0.2) is 8.42 Å². The van der Waals surface area contributed by atoms with Crippen LogP contribution in [0.2, 0.25) is 0 Å². The molecule has 1 aliphatic heterocycles. The lowest BCUT2D eigenvalue weighted by Crippen LogP contribution is -2.44. The lowest BCUT2D eigenvalue weighted by Gasteiger charge is -2.31. The minimum Gasteiger partial charge on any atom is -0.343 e. The predicted octanol–water partition coefficient (Wildman–Crippen LogP) is 1.58. The molecule has 3 N–H and O–H groups in total. The van der Waals surface area contributed by atoms with Gasteiger partial charge in [0.15, 0.2) is 0 Å². The molecule has 27 heavy (non-hydrogen) atoms. The molecule has 0 aliphatic carbocycles. The zero-order chi connectivity index (χ0) is 20.4. The normalized spacial score (nSPS) is 18.3. The van der Waals surface area contributed by atoms with Crippen LogP contribution in [0.3, 0.4) is 0 Å². The predicted molar refractivity (Wildman–Crippen MR) is 107 cm³/mol. The molecule has 0 bridgehead atoms. The van der Waals surface area contributed by atoms with Crippen molar-refractivity contribution in [2.45, 2.75) is 45.1 Å². The van der Waals surface area contributed by atoms with Crippen LogP contribution in [0.1, 0.15) is 39.7 Å². The number of nitrogens with zero attached hydrogens (tertiary/aromatic N) is 2. The van der Waals surface area contributed by atoms with Crippen LogP contribution in [-0.4, -0.2) is 51.2 Å². The van der Waals surface area contributed by atoms with Crippen molar-refractivity contribution >= 4 is 21.8 Å². The van der Waals surface area contributed by atoms with Gasteiger partial charge in [-0.1, -0.05) is 39.8 Å². The molecule has 7 nitrogen and oxygen atoms in total. The van der Waals surface area contributed by atoms with Crippen LogP contribution in [-0.2, 0) is 14.8 Å². The second-order valence-corrected chi connectivity index (χ2v) is 9.94. The minimum absolute atomic E-state index is 0.138. The van der Waals surface area contributed by atoms with E-state index in [2.05, 4.69) is 9.71 Å². The zero-order valence-corrected chi connectivity index (χ0v) is 17.5. The van der Waals surface area contributed by atoms with E-state index in [-0.39, 0.29) is 28.0 Å². The first-order chi connectivity index (χ1) is 12.5. The minimum atomic E-state index is -3.63. The van der Waals surface area contributed by atoms with E-state index < -0.39 is 16.1 Å². The van der Waals surface area contributed by atoms with Crippen molar-refractivity contribution < 1.29 is 13.2 Å². The molecule has 1 aromatic rings. The lowest BCUT2D eigenvalue weighted by atomic mass is 9.92. The number of sulfonamides is 1. The summed E-state index contributed by atoms with van der Waals surface area (Å²) in [6, 6.07) is 6.00. The second-order valence-electron chi connectivity index (χ2n) is 8.29. The Morgan fingerprint density at radius 1 is 1.30 bits per heavy atom. The maximum absolute atomic E-state index is 13.0. The first kappa shape index (κ1) is 21.4. The van der Waals surface area contributed by atoms with Gasteiger partial charge in [-0.05, 0) is 36.4 Å². The molecule has 1 aliphatic rings. The fourth-order valence-electron chi connectivity index (χ4n) is 3.08. The van der Waals surface area contributed by atoms with Crippen LogP contribution in [0.15, 0.2) is 34.2 Å². The quantitative estimate of drug-likeness (QED) is 0.732. The van der Waals surface area contributed by atoms with Crippen molar-refractivity contribution in [3.63, 3.8) is 0 Å². The van der Waals surface area contributed by atoms with Gasteiger partial charge in [-0.3, -0.25) is 14.5 Å². The van der Waals surface area contributed by atoms with Gasteiger partial charge in [0.25, 0.3) is 10.0 Å². The number of hydrogen-bond acceptors (Lipinski definition) is 5. The number of nitrogens with two attached hydrogens (primary N) is 1. The Kier molecular flexibility index (Phi) is 6.32. The highest BCUT2D eigenvalue weighted by molar-refractivity contribution is 7.90. The highest BCUT2D eigenvalue weighted by Crippen LogP contribution is 2.24. The fourth-order valence-corrected chi connectivity index (χ4v) is 4.32. The Hall–Kier alpha value is -1.93. The van der Waals surface area contributed by atoms with Crippen molar-refractivity contribution in [1.29, 1.82) is 0 Å². The molecule has 150 valence electrons. The summed E-state index contributed by atoms with van der Waals surface area (Å²) in [6.07, 6.45) is 0.527. The third kappa shape index (κ3) is 5.07. The molecule has 0 spiro atoms. The summed E-state index contributed by atoms with van der Waals surface area (Å²) in [4.78, 5) is 19.4. The topological polar surface area (TPSA) is 105 Å². The molecule has 1 aromatic carbocycles. The Morgan fingerprint density at radius 3 is 2.52 bits per heavy atom. The van der Waals surface area contributed by atoms with Crippen molar-refractivity contribution in [2.24, 2.45) is 22.1 Å². The second kappa shape index (κ2) is 7.98. The number of amidine groups is 1. The van der Waals surface area contributed by atoms with Crippen LogP contribution >= 0.6 is 0 Å². The third-order valence-electron chi connectivity index (χ3n) is 4.52. The average Bonchev–Trinajstić information content (AvgIpc) is 2.84. The number of carbonyl (C=O) groups is 1. The van der Waals surface area contributed by atoms with E-state index >= 15 is 0 Å². The lowest BCUT2D eigenvalue weighted by molar-refractivity contribution is -0.132. The summed E-state index contributed by atoms with van der Waals surface area (Å²) in [5.74, 6) is 0.324. The Morgan fingerprint density at radius 2 is 1.93 bits per heavy atom. The van der Waals surface area contributed by atoms with Gasteiger partial charge < -0.3 is 10.6 Å². The fraction of sp³-hybridized carbons (Fsp3) is 0.579. The van der Waals surface area contributed by atoms with E-state index in [0.29, 0.717) is 25.1 Å². The summed E-state index contributed by atoms with van der Waals surface area (Å²) in [5, 5.41) is 0. The molecule has 0 radical (unpaired) electrons. The standard InChI is InChI=1S/C19H30N4O3S/c1-13(2)10-15(18(24)23(5)12-19(3,4)11-20)21-17-14-8-6-7-9-16(14)27(25,26)22-17/h6-9,13,15H,10-12,20H2,1-5H3,(H,21,22). The molecule has 1 heterocycles. The number of fused-ring (bicyclic) bond motifs is 1. The van der Waals surface area contributed by atoms with E-state index in [9.17, 15) is 13.2 Å². The first-order valence-electron chi connectivity index (χ1n) is 9.12. The monoisotopic (exact) mass is 394 g/mol. The maximum Gasteiger partial charge on any atom is 0.263 e. The van der Waals surface area contributed by atoms with Gasteiger partial charge in [0, 0.05) is 19.2 Å². The number of rotatable bonds is 7. The van der Waals surface area contributed by atoms with E-state index in [0.717, 1.165) is 0 Å². The summed E-state index contributed by atoms with van der Waals surface area (Å²) in [6.45, 7) is 8.99. The summed E-state index contributed by atoms with van der Waals surface area (Å²) >= 11 is 0. The zero-order valence-electron chi connectivity index (χ0n) is 16.7. The van der Waals surface area contributed by atoms with Crippen molar-refractivity contribution in [1.82, 2.24) is 9.62 Å². The summed E-state index contributed by atoms with van der Waals surface area (Å²) in [7, 11) is -1.89. The van der Waals surface area contributed by atoms with E-state index in [4.69, 9.17) is 5.73 Å². The number of likely N-dealkylation sites (N-methyl/N-ethyl adjacent to an activating group) is 1. The number of hydrogen-bond donors (Lipinski definition) is 2. The van der Waals surface area contributed by atoms with Gasteiger partial charge in [0.2, 0.25) is 5.91 Å². The molecular formula is C19H30N4O3S. The molecule has 1 unspecified atom stereocenters. The maximum atomic E-state index is 13.0. The van der Waals surface area contributed by atoms with Crippen LogP contribution < -0.4 is 10.5 Å². The van der Waals surface area contributed by atoms with E-state index in [1.807, 2.05) is 27.7 Å². The molecule has 2 rings (SSSR count). The average molecular weight is 395 g/mol. The first-order valence-corrected chi connectivity index (χ1v) is 10.6. The molecule has 0 saturated heterocycles.